The SMILES string of the molecule is CC(C)(C)C1CCP(Br)(C(C)(C)C)(C(C)(C)C)CC1. The maximum atomic E-state index is 4.47. The predicted molar refractivity (Wildman–Crippen MR) is 97.3 cm³/mol. The molecule has 116 valence electrons. The molecule has 1 aliphatic heterocycles. The second-order valence-electron chi connectivity index (χ2n) is 9.81. The summed E-state index contributed by atoms with van der Waals surface area (Å²) in [5.74, 6) is 0.894. The number of halogens is 1. The van der Waals surface area contributed by atoms with Gasteiger partial charge in [-0.15, -0.1) is 0 Å². The van der Waals surface area contributed by atoms with Crippen LogP contribution >= 0.6 is 20.8 Å². The van der Waals surface area contributed by atoms with Crippen LogP contribution in [0.3, 0.4) is 0 Å². The van der Waals surface area contributed by atoms with E-state index in [-0.39, 0.29) is 0 Å². The summed E-state index contributed by atoms with van der Waals surface area (Å²) in [5.41, 5.74) is 0.471. The van der Waals surface area contributed by atoms with Gasteiger partial charge in [0, 0.05) is 0 Å². The fourth-order valence-electron chi connectivity index (χ4n) is 4.32. The van der Waals surface area contributed by atoms with E-state index in [1.807, 2.05) is 0 Å². The maximum absolute atomic E-state index is 4.47. The third kappa shape index (κ3) is 2.68. The molecule has 0 unspecified atom stereocenters. The molecule has 1 heterocycles. The van der Waals surface area contributed by atoms with Crippen LogP contribution in [0.4, 0.5) is 0 Å². The fourth-order valence-corrected chi connectivity index (χ4v) is 12.2. The summed E-state index contributed by atoms with van der Waals surface area (Å²) in [5, 5.41) is -1.10. The normalized spacial score (nSPS) is 30.4. The van der Waals surface area contributed by atoms with Crippen LogP contribution < -0.4 is 0 Å². The molecule has 0 aromatic rings. The van der Waals surface area contributed by atoms with Crippen LogP contribution in [0.1, 0.15) is 75.2 Å². The van der Waals surface area contributed by atoms with Crippen molar-refractivity contribution in [2.24, 2.45) is 11.3 Å². The average Bonchev–Trinajstić information content (AvgIpc) is 2.13. The van der Waals surface area contributed by atoms with Crippen molar-refractivity contribution >= 4 is 20.8 Å². The first-order valence-electron chi connectivity index (χ1n) is 7.85. The van der Waals surface area contributed by atoms with Crippen molar-refractivity contribution in [1.29, 1.82) is 0 Å². The van der Waals surface area contributed by atoms with Crippen LogP contribution in [0.5, 0.6) is 0 Å². The molecule has 0 nitrogen and oxygen atoms in total. The van der Waals surface area contributed by atoms with Crippen molar-refractivity contribution < 1.29 is 0 Å². The Hall–Kier alpha value is 0.910. The van der Waals surface area contributed by atoms with Gasteiger partial charge in [0.2, 0.25) is 0 Å². The van der Waals surface area contributed by atoms with Gasteiger partial charge in [0.15, 0.2) is 0 Å². The Morgan fingerprint density at radius 2 is 1.05 bits per heavy atom. The summed E-state index contributed by atoms with van der Waals surface area (Å²) in [4.78, 5) is 0. The molecule has 0 aromatic carbocycles. The van der Waals surface area contributed by atoms with E-state index in [0.717, 1.165) is 5.92 Å². The van der Waals surface area contributed by atoms with Gasteiger partial charge in [-0.1, -0.05) is 0 Å². The second kappa shape index (κ2) is 4.70. The molecule has 1 fully saturated rings. The summed E-state index contributed by atoms with van der Waals surface area (Å²) in [7, 11) is 0. The Morgan fingerprint density at radius 3 is 1.26 bits per heavy atom. The Labute approximate surface area is 130 Å². The standard InChI is InChI=1S/C17H36BrP/c1-15(2,3)14-10-12-19(18,13-11-14,16(4,5)6)17(7,8)9/h14H,10-13H2,1-9H3. The van der Waals surface area contributed by atoms with Crippen molar-refractivity contribution in [3.63, 3.8) is 0 Å². The van der Waals surface area contributed by atoms with E-state index in [4.69, 9.17) is 0 Å². The van der Waals surface area contributed by atoms with E-state index < -0.39 is 5.31 Å². The summed E-state index contributed by atoms with van der Waals surface area (Å²) in [6, 6.07) is 0. The summed E-state index contributed by atoms with van der Waals surface area (Å²) in [6.45, 7) is 22.1. The molecule has 0 atom stereocenters. The van der Waals surface area contributed by atoms with Crippen molar-refractivity contribution in [3.05, 3.63) is 0 Å². The first-order chi connectivity index (χ1) is 8.13. The fraction of sp³-hybridized carbons (Fsp3) is 1.00. The van der Waals surface area contributed by atoms with Crippen LogP contribution in [0.15, 0.2) is 0 Å². The zero-order valence-electron chi connectivity index (χ0n) is 14.7. The molecule has 0 radical (unpaired) electrons. The van der Waals surface area contributed by atoms with Gasteiger partial charge in [0.05, 0.1) is 0 Å². The molecule has 0 bridgehead atoms. The Morgan fingerprint density at radius 1 is 0.737 bits per heavy atom. The van der Waals surface area contributed by atoms with Crippen LogP contribution in [0.25, 0.3) is 0 Å². The minimum absolute atomic E-state index is 0.396. The monoisotopic (exact) mass is 350 g/mol. The molecular formula is C17H36BrP. The van der Waals surface area contributed by atoms with Crippen LogP contribution in [0, 0.1) is 11.3 Å². The minimum atomic E-state index is -1.89. The molecule has 2 heteroatoms. The van der Waals surface area contributed by atoms with Gasteiger partial charge in [-0.05, 0) is 0 Å². The van der Waals surface area contributed by atoms with Crippen molar-refractivity contribution in [2.75, 3.05) is 12.3 Å². The summed E-state index contributed by atoms with van der Waals surface area (Å²) >= 11 is 4.47. The van der Waals surface area contributed by atoms with E-state index in [1.54, 1.807) is 0 Å². The van der Waals surface area contributed by atoms with E-state index in [2.05, 4.69) is 77.8 Å². The Bertz CT molecular complexity index is 312. The molecule has 0 saturated carbocycles. The zero-order valence-corrected chi connectivity index (χ0v) is 17.2. The molecule has 0 aromatic heterocycles. The molecular weight excluding hydrogens is 315 g/mol. The average molecular weight is 351 g/mol. The number of hydrogen-bond acceptors (Lipinski definition) is 0. The van der Waals surface area contributed by atoms with E-state index >= 15 is 0 Å². The zero-order chi connectivity index (χ0) is 15.4. The second-order valence-corrected chi connectivity index (χ2v) is 21.3. The van der Waals surface area contributed by atoms with Gasteiger partial charge in [0.25, 0.3) is 0 Å². The summed E-state index contributed by atoms with van der Waals surface area (Å²) in [6.07, 6.45) is 5.64. The molecule has 0 spiro atoms. The molecule has 19 heavy (non-hydrogen) atoms. The van der Waals surface area contributed by atoms with Crippen LogP contribution in [-0.2, 0) is 0 Å². The Balaban J connectivity index is 3.16. The Kier molecular flexibility index (Phi) is 4.45. The quantitative estimate of drug-likeness (QED) is 0.416. The van der Waals surface area contributed by atoms with Gasteiger partial charge < -0.3 is 0 Å². The van der Waals surface area contributed by atoms with Crippen molar-refractivity contribution in [3.8, 4) is 0 Å². The first-order valence-corrected chi connectivity index (χ1v) is 12.5. The molecule has 0 aliphatic carbocycles. The summed E-state index contributed by atoms with van der Waals surface area (Å²) < 4.78 is 0. The van der Waals surface area contributed by atoms with Gasteiger partial charge in [-0.25, -0.2) is 0 Å². The van der Waals surface area contributed by atoms with Crippen LogP contribution in [-0.4, -0.2) is 22.6 Å². The van der Waals surface area contributed by atoms with E-state index in [1.165, 1.54) is 25.2 Å². The van der Waals surface area contributed by atoms with Gasteiger partial charge in [-0.2, -0.15) is 0 Å². The van der Waals surface area contributed by atoms with E-state index in [0.29, 0.717) is 15.7 Å². The molecule has 1 aliphatic rings. The number of rotatable bonds is 0. The van der Waals surface area contributed by atoms with Gasteiger partial charge in [0.1, 0.15) is 0 Å². The van der Waals surface area contributed by atoms with Gasteiger partial charge in [-0.3, -0.25) is 0 Å². The molecule has 1 saturated heterocycles. The van der Waals surface area contributed by atoms with Crippen LogP contribution in [0.2, 0.25) is 0 Å². The first kappa shape index (κ1) is 18.0. The van der Waals surface area contributed by atoms with E-state index in [9.17, 15) is 0 Å². The molecule has 0 N–H and O–H groups in total. The third-order valence-corrected chi connectivity index (χ3v) is 23.2. The van der Waals surface area contributed by atoms with Crippen molar-refractivity contribution in [2.45, 2.75) is 85.5 Å². The predicted octanol–water partition coefficient (Wildman–Crippen LogP) is 6.90. The topological polar surface area (TPSA) is 0 Å². The number of hydrogen-bond donors (Lipinski definition) is 0. The molecule has 1 rings (SSSR count). The van der Waals surface area contributed by atoms with Gasteiger partial charge >= 0.3 is 130 Å². The van der Waals surface area contributed by atoms with Crippen molar-refractivity contribution in [1.82, 2.24) is 0 Å². The third-order valence-electron chi connectivity index (χ3n) is 6.19. The molecule has 0 amide bonds.